The van der Waals surface area contributed by atoms with Crippen molar-refractivity contribution in [3.8, 4) is 0 Å². The smallest absolute Gasteiger partial charge is 0.225 e. The molecule has 1 saturated heterocycles. The monoisotopic (exact) mass is 327 g/mol. The fourth-order valence-corrected chi connectivity index (χ4v) is 4.71. The Morgan fingerprint density at radius 2 is 1.96 bits per heavy atom. The minimum atomic E-state index is 0.453. The molecule has 3 aromatic heterocycles. The lowest BCUT2D eigenvalue weighted by Gasteiger charge is -2.31. The molecule has 0 radical (unpaired) electrons. The topological polar surface area (TPSA) is 46.3 Å². The molecule has 0 amide bonds. The number of thiazole rings is 1. The highest BCUT2D eigenvalue weighted by Gasteiger charge is 2.28. The van der Waals surface area contributed by atoms with Crippen LogP contribution in [-0.4, -0.2) is 32.4 Å². The van der Waals surface area contributed by atoms with Crippen molar-refractivity contribution in [1.82, 2.24) is 19.4 Å². The molecule has 4 rings (SSSR count). The molecule has 120 valence electrons. The van der Waals surface area contributed by atoms with Gasteiger partial charge >= 0.3 is 0 Å². The zero-order chi connectivity index (χ0) is 16.0. The van der Waals surface area contributed by atoms with Crippen LogP contribution in [0.2, 0.25) is 0 Å². The summed E-state index contributed by atoms with van der Waals surface area (Å²) in [7, 11) is 0. The summed E-state index contributed by atoms with van der Waals surface area (Å²) >= 11 is 1.87. The number of hydrogen-bond donors (Lipinski definition) is 0. The summed E-state index contributed by atoms with van der Waals surface area (Å²) in [5.74, 6) is 2.39. The van der Waals surface area contributed by atoms with Crippen molar-refractivity contribution in [2.75, 3.05) is 18.0 Å². The summed E-state index contributed by atoms with van der Waals surface area (Å²) in [6.45, 7) is 8.46. The van der Waals surface area contributed by atoms with Gasteiger partial charge in [0, 0.05) is 42.0 Å². The second-order valence-electron chi connectivity index (χ2n) is 6.26. The molecule has 0 aromatic carbocycles. The van der Waals surface area contributed by atoms with Crippen molar-refractivity contribution in [3.63, 3.8) is 0 Å². The lowest BCUT2D eigenvalue weighted by molar-refractivity contribution is 0.499. The third-order valence-electron chi connectivity index (χ3n) is 4.77. The molecule has 23 heavy (non-hydrogen) atoms. The summed E-state index contributed by atoms with van der Waals surface area (Å²) in [5.41, 5.74) is 2.57. The van der Waals surface area contributed by atoms with Crippen LogP contribution < -0.4 is 4.90 Å². The van der Waals surface area contributed by atoms with Crippen molar-refractivity contribution < 1.29 is 0 Å². The second-order valence-corrected chi connectivity index (χ2v) is 7.47. The van der Waals surface area contributed by atoms with Gasteiger partial charge in [0.15, 0.2) is 0 Å². The Kier molecular flexibility index (Phi) is 3.56. The van der Waals surface area contributed by atoms with Crippen molar-refractivity contribution >= 4 is 22.1 Å². The average Bonchev–Trinajstić information content (AvgIpc) is 3.06. The minimum absolute atomic E-state index is 0.453. The SMILES string of the molecule is Cc1sc2c([C@@H]3CCCN(c4ncccn4)C3)nc(C)n2c1C. The minimum Gasteiger partial charge on any atom is -0.340 e. The Morgan fingerprint density at radius 3 is 2.74 bits per heavy atom. The van der Waals surface area contributed by atoms with Crippen LogP contribution in [0.4, 0.5) is 5.95 Å². The molecule has 1 aliphatic heterocycles. The van der Waals surface area contributed by atoms with Gasteiger partial charge in [0.25, 0.3) is 0 Å². The summed E-state index contributed by atoms with van der Waals surface area (Å²) in [6.07, 6.45) is 5.98. The summed E-state index contributed by atoms with van der Waals surface area (Å²) in [6, 6.07) is 1.87. The highest BCUT2D eigenvalue weighted by Crippen LogP contribution is 2.35. The molecule has 1 fully saturated rings. The highest BCUT2D eigenvalue weighted by molar-refractivity contribution is 7.17. The first kappa shape index (κ1) is 14.6. The first-order valence-corrected chi connectivity index (χ1v) is 8.93. The van der Waals surface area contributed by atoms with E-state index in [2.05, 4.69) is 40.0 Å². The molecule has 0 aliphatic carbocycles. The van der Waals surface area contributed by atoms with Crippen LogP contribution >= 0.6 is 11.3 Å². The molecule has 0 saturated carbocycles. The van der Waals surface area contributed by atoms with Gasteiger partial charge < -0.3 is 4.90 Å². The van der Waals surface area contributed by atoms with E-state index in [1.165, 1.54) is 27.5 Å². The average molecular weight is 327 g/mol. The van der Waals surface area contributed by atoms with Crippen molar-refractivity contribution in [2.45, 2.75) is 39.5 Å². The Morgan fingerprint density at radius 1 is 1.17 bits per heavy atom. The largest absolute Gasteiger partial charge is 0.340 e. The van der Waals surface area contributed by atoms with Gasteiger partial charge in [0.2, 0.25) is 5.95 Å². The Hall–Kier alpha value is -1.95. The molecule has 5 nitrogen and oxygen atoms in total. The van der Waals surface area contributed by atoms with Crippen molar-refractivity contribution in [1.29, 1.82) is 0 Å². The predicted molar refractivity (Wildman–Crippen MR) is 93.5 cm³/mol. The fraction of sp³-hybridized carbons (Fsp3) is 0.471. The maximum Gasteiger partial charge on any atom is 0.225 e. The highest BCUT2D eigenvalue weighted by atomic mass is 32.1. The van der Waals surface area contributed by atoms with Gasteiger partial charge in [-0.2, -0.15) is 0 Å². The molecule has 1 aliphatic rings. The van der Waals surface area contributed by atoms with Crippen LogP contribution in [0.25, 0.3) is 4.83 Å². The maximum absolute atomic E-state index is 4.91. The number of aromatic nitrogens is 4. The first-order chi connectivity index (χ1) is 11.1. The zero-order valence-electron chi connectivity index (χ0n) is 13.8. The van der Waals surface area contributed by atoms with Gasteiger partial charge in [0.1, 0.15) is 10.7 Å². The van der Waals surface area contributed by atoms with Gasteiger partial charge in [-0.1, -0.05) is 0 Å². The number of hydrogen-bond acceptors (Lipinski definition) is 5. The lowest BCUT2D eigenvalue weighted by Crippen LogP contribution is -2.35. The molecule has 6 heteroatoms. The van der Waals surface area contributed by atoms with Crippen LogP contribution in [0.15, 0.2) is 18.5 Å². The summed E-state index contributed by atoms with van der Waals surface area (Å²) in [5, 5.41) is 0. The third-order valence-corrected chi connectivity index (χ3v) is 5.95. The Labute approximate surface area is 140 Å². The van der Waals surface area contributed by atoms with Crippen LogP contribution in [0.3, 0.4) is 0 Å². The van der Waals surface area contributed by atoms with E-state index in [1.807, 2.05) is 29.8 Å². The number of rotatable bonds is 2. The molecular weight excluding hydrogens is 306 g/mol. The maximum atomic E-state index is 4.91. The normalized spacial score (nSPS) is 18.7. The number of nitrogens with zero attached hydrogens (tertiary/aromatic N) is 5. The van der Waals surface area contributed by atoms with Crippen LogP contribution in [0, 0.1) is 20.8 Å². The number of imidazole rings is 1. The van der Waals surface area contributed by atoms with E-state index in [-0.39, 0.29) is 0 Å². The number of anilines is 1. The summed E-state index contributed by atoms with van der Waals surface area (Å²) < 4.78 is 2.31. The van der Waals surface area contributed by atoms with E-state index >= 15 is 0 Å². The lowest BCUT2D eigenvalue weighted by atomic mass is 9.95. The molecular formula is C17H21N5S. The quantitative estimate of drug-likeness (QED) is 0.723. The standard InChI is InChI=1S/C17H21N5S/c1-11-12(2)23-16-15(20-13(3)22(11)16)14-6-4-9-21(10-14)17-18-7-5-8-19-17/h5,7-8,14H,4,6,9-10H2,1-3H3/t14-/m1/s1. The van der Waals surface area contributed by atoms with E-state index < -0.39 is 0 Å². The number of aryl methyl sites for hydroxylation is 3. The van der Waals surface area contributed by atoms with Crippen molar-refractivity contribution in [3.05, 3.63) is 40.5 Å². The Balaban J connectivity index is 1.69. The van der Waals surface area contributed by atoms with Gasteiger partial charge in [-0.15, -0.1) is 11.3 Å². The van der Waals surface area contributed by atoms with Gasteiger partial charge in [0.05, 0.1) is 5.69 Å². The molecule has 3 aromatic rings. The van der Waals surface area contributed by atoms with E-state index in [0.29, 0.717) is 5.92 Å². The fourth-order valence-electron chi connectivity index (χ4n) is 3.51. The molecule has 1 atom stereocenters. The zero-order valence-corrected chi connectivity index (χ0v) is 14.6. The molecule has 0 spiro atoms. The van der Waals surface area contributed by atoms with E-state index in [1.54, 1.807) is 0 Å². The van der Waals surface area contributed by atoms with Gasteiger partial charge in [-0.25, -0.2) is 15.0 Å². The second kappa shape index (κ2) is 5.60. The predicted octanol–water partition coefficient (Wildman–Crippen LogP) is 3.50. The number of fused-ring (bicyclic) bond motifs is 1. The van der Waals surface area contributed by atoms with Crippen LogP contribution in [0.5, 0.6) is 0 Å². The van der Waals surface area contributed by atoms with Crippen LogP contribution in [-0.2, 0) is 0 Å². The van der Waals surface area contributed by atoms with Crippen molar-refractivity contribution in [2.24, 2.45) is 0 Å². The number of piperidine rings is 1. The summed E-state index contributed by atoms with van der Waals surface area (Å²) in [4.78, 5) is 18.7. The first-order valence-electron chi connectivity index (χ1n) is 8.12. The molecule has 0 N–H and O–H groups in total. The van der Waals surface area contributed by atoms with E-state index in [4.69, 9.17) is 4.98 Å². The van der Waals surface area contributed by atoms with Gasteiger partial charge in [-0.05, 0) is 39.7 Å². The van der Waals surface area contributed by atoms with E-state index in [0.717, 1.165) is 31.3 Å². The van der Waals surface area contributed by atoms with Crippen LogP contribution in [0.1, 0.15) is 40.8 Å². The molecule has 4 heterocycles. The molecule has 0 bridgehead atoms. The van der Waals surface area contributed by atoms with Gasteiger partial charge in [-0.3, -0.25) is 4.40 Å². The third kappa shape index (κ3) is 2.41. The molecule has 0 unspecified atom stereocenters. The van der Waals surface area contributed by atoms with E-state index in [9.17, 15) is 0 Å². The Bertz CT molecular complexity index is 836.